The van der Waals surface area contributed by atoms with Gasteiger partial charge in [-0.05, 0) is 49.1 Å². The smallest absolute Gasteiger partial charge is 0.387 e. The average molecular weight is 536 g/mol. The van der Waals surface area contributed by atoms with Gasteiger partial charge >= 0.3 is 12.7 Å². The first-order chi connectivity index (χ1) is 18.6. The van der Waals surface area contributed by atoms with Crippen molar-refractivity contribution in [2.75, 3.05) is 0 Å². The number of carbonyl (C=O) groups is 1. The van der Waals surface area contributed by atoms with Crippen LogP contribution in [0.5, 0.6) is 5.75 Å². The predicted molar refractivity (Wildman–Crippen MR) is 129 cm³/mol. The summed E-state index contributed by atoms with van der Waals surface area (Å²) in [4.78, 5) is 23.3. The summed E-state index contributed by atoms with van der Waals surface area (Å²) in [5, 5.41) is 35.1. The van der Waals surface area contributed by atoms with E-state index in [1.807, 2.05) is 6.07 Å². The Kier molecular flexibility index (Phi) is 5.07. The van der Waals surface area contributed by atoms with Gasteiger partial charge in [-0.15, -0.1) is 0 Å². The van der Waals surface area contributed by atoms with Gasteiger partial charge in [-0.3, -0.25) is 14.7 Å². The first-order valence-electron chi connectivity index (χ1n) is 12.3. The van der Waals surface area contributed by atoms with Crippen LogP contribution in [0.3, 0.4) is 0 Å². The molecule has 5 N–H and O–H groups in total. The van der Waals surface area contributed by atoms with Crippen LogP contribution in [0.4, 0.5) is 8.78 Å². The quantitative estimate of drug-likeness (QED) is 0.286. The first-order valence-corrected chi connectivity index (χ1v) is 12.3. The Bertz CT molecular complexity index is 1670. The molecular weight excluding hydrogens is 514 g/mol. The van der Waals surface area contributed by atoms with Crippen LogP contribution in [0, 0.1) is 0 Å². The van der Waals surface area contributed by atoms with Gasteiger partial charge in [0.1, 0.15) is 5.75 Å². The number of nitrogens with two attached hydrogens (primary N) is 1. The second-order valence-corrected chi connectivity index (χ2v) is 9.97. The average Bonchev–Trinajstić information content (AvgIpc) is 3.52. The third-order valence-electron chi connectivity index (χ3n) is 7.76. The highest BCUT2D eigenvalue weighted by Gasteiger charge is 2.52. The minimum atomic E-state index is -3.54. The standard InChI is InChI=1S/C26H22F2N6O5/c27-25(28)39-18-3-1-2-13-19(18)14-9-17(34(24(13)35)26(36,37)38)22-20(14)23-31-16(6-7-33(23)32-22)12-8-11-4-5-15(29)21(11)30-10-12/h1-3,6-8,10,14-15,17,25,36-38H,4-5,9,29H2. The Balaban J connectivity index is 1.44. The molecule has 39 heavy (non-hydrogen) atoms. The van der Waals surface area contributed by atoms with E-state index < -0.39 is 30.6 Å². The van der Waals surface area contributed by atoms with Crippen LogP contribution in [0.25, 0.3) is 16.9 Å². The monoisotopic (exact) mass is 536 g/mol. The second-order valence-electron chi connectivity index (χ2n) is 9.97. The normalized spacial score (nSPS) is 21.8. The van der Waals surface area contributed by atoms with Gasteiger partial charge in [-0.1, -0.05) is 6.07 Å². The molecule has 11 nitrogen and oxygen atoms in total. The molecule has 1 aromatic carbocycles. The zero-order valence-corrected chi connectivity index (χ0v) is 20.2. The molecule has 3 atom stereocenters. The summed E-state index contributed by atoms with van der Waals surface area (Å²) < 4.78 is 33.0. The molecule has 1 amide bonds. The van der Waals surface area contributed by atoms with Gasteiger partial charge in [0.05, 0.1) is 23.1 Å². The highest BCUT2D eigenvalue weighted by Crippen LogP contribution is 2.54. The first kappa shape index (κ1) is 24.0. The van der Waals surface area contributed by atoms with Gasteiger partial charge in [0.2, 0.25) is 0 Å². The van der Waals surface area contributed by atoms with Gasteiger partial charge in [-0.25, -0.2) is 9.50 Å². The Morgan fingerprint density at radius 3 is 2.74 bits per heavy atom. The highest BCUT2D eigenvalue weighted by molar-refractivity contribution is 5.98. The number of rotatable bonds is 4. The molecule has 3 unspecified atom stereocenters. The number of nitrogens with zero attached hydrogens (tertiary/aromatic N) is 5. The van der Waals surface area contributed by atoms with Crippen LogP contribution in [0.15, 0.2) is 42.7 Å². The summed E-state index contributed by atoms with van der Waals surface area (Å²) >= 11 is 0. The molecule has 4 heterocycles. The lowest BCUT2D eigenvalue weighted by Crippen LogP contribution is -2.53. The van der Waals surface area contributed by atoms with Crippen LogP contribution >= 0.6 is 0 Å². The van der Waals surface area contributed by atoms with Crippen LogP contribution in [0.2, 0.25) is 0 Å². The number of benzene rings is 1. The molecule has 4 aromatic rings. The summed E-state index contributed by atoms with van der Waals surface area (Å²) in [5.41, 5.74) is 10.6. The maximum atomic E-state index is 13.4. The zero-order chi connectivity index (χ0) is 27.2. The minimum Gasteiger partial charge on any atom is -0.434 e. The fourth-order valence-electron chi connectivity index (χ4n) is 6.20. The molecule has 13 heteroatoms. The summed E-state index contributed by atoms with van der Waals surface area (Å²) in [7, 11) is 0. The fraction of sp³-hybridized carbons (Fsp3) is 0.308. The predicted octanol–water partition coefficient (Wildman–Crippen LogP) is 1.96. The summed E-state index contributed by atoms with van der Waals surface area (Å²) in [6.07, 6.45) is 1.48. The van der Waals surface area contributed by atoms with Gasteiger partial charge in [0.15, 0.2) is 5.65 Å². The number of hydrogen-bond donors (Lipinski definition) is 4. The van der Waals surface area contributed by atoms with E-state index in [0.717, 1.165) is 29.7 Å². The lowest BCUT2D eigenvalue weighted by molar-refractivity contribution is -0.385. The largest absolute Gasteiger partial charge is 0.434 e. The fourth-order valence-corrected chi connectivity index (χ4v) is 6.20. The number of fused-ring (bicyclic) bond motifs is 10. The molecule has 200 valence electrons. The van der Waals surface area contributed by atoms with Crippen molar-refractivity contribution in [2.24, 2.45) is 5.73 Å². The summed E-state index contributed by atoms with van der Waals surface area (Å²) in [6, 6.07) is 6.58. The van der Waals surface area contributed by atoms with E-state index in [0.29, 0.717) is 21.8 Å². The number of aromatic nitrogens is 4. The van der Waals surface area contributed by atoms with Crippen molar-refractivity contribution in [1.29, 1.82) is 0 Å². The lowest BCUT2D eigenvalue weighted by Gasteiger charge is -2.34. The Morgan fingerprint density at radius 1 is 1.15 bits per heavy atom. The van der Waals surface area contributed by atoms with Gasteiger partial charge in [0, 0.05) is 46.6 Å². The lowest BCUT2D eigenvalue weighted by atomic mass is 9.89. The molecule has 3 aliphatic rings. The number of amides is 1. The number of alkyl halides is 2. The SMILES string of the molecule is NC1CCc2cc(-c3ccn4nc5c(c4n3)C3CC5N(C(O)(O)O)C(=O)c4cccc(OC(F)F)c43)cnc21. The van der Waals surface area contributed by atoms with E-state index >= 15 is 0 Å². The van der Waals surface area contributed by atoms with Crippen molar-refractivity contribution >= 4 is 11.6 Å². The van der Waals surface area contributed by atoms with E-state index in [1.54, 1.807) is 18.5 Å². The van der Waals surface area contributed by atoms with Crippen molar-refractivity contribution in [3.63, 3.8) is 0 Å². The molecule has 0 spiro atoms. The number of ether oxygens (including phenoxy) is 1. The molecule has 0 radical (unpaired) electrons. The van der Waals surface area contributed by atoms with Crippen molar-refractivity contribution in [3.8, 4) is 17.0 Å². The number of aliphatic hydroxyl groups is 3. The molecule has 0 saturated carbocycles. The maximum absolute atomic E-state index is 13.4. The molecule has 2 aliphatic carbocycles. The molecule has 7 rings (SSSR count). The van der Waals surface area contributed by atoms with Gasteiger partial charge < -0.3 is 25.8 Å². The van der Waals surface area contributed by atoms with Gasteiger partial charge in [0.25, 0.3) is 5.91 Å². The number of aryl methyl sites for hydroxylation is 1. The molecular formula is C26H22F2N6O5. The molecule has 3 aromatic heterocycles. The van der Waals surface area contributed by atoms with Crippen molar-refractivity contribution in [3.05, 3.63) is 76.4 Å². The molecule has 0 fully saturated rings. The Hall–Kier alpha value is -4.04. The van der Waals surface area contributed by atoms with Crippen molar-refractivity contribution in [1.82, 2.24) is 24.5 Å². The maximum Gasteiger partial charge on any atom is 0.387 e. The van der Waals surface area contributed by atoms with Gasteiger partial charge in [-0.2, -0.15) is 13.9 Å². The van der Waals surface area contributed by atoms with Crippen LogP contribution in [-0.4, -0.2) is 58.4 Å². The second kappa shape index (κ2) is 8.23. The topological polar surface area (TPSA) is 159 Å². The Morgan fingerprint density at radius 2 is 1.97 bits per heavy atom. The Labute approximate surface area is 219 Å². The summed E-state index contributed by atoms with van der Waals surface area (Å²) in [6.45, 7) is -3.16. The molecule has 0 saturated heterocycles. The molecule has 2 bridgehead atoms. The summed E-state index contributed by atoms with van der Waals surface area (Å²) in [5.74, 6) is -1.92. The zero-order valence-electron chi connectivity index (χ0n) is 20.2. The van der Waals surface area contributed by atoms with E-state index in [-0.39, 0.29) is 35.0 Å². The van der Waals surface area contributed by atoms with Crippen LogP contribution in [0.1, 0.15) is 69.3 Å². The third kappa shape index (κ3) is 3.54. The highest BCUT2D eigenvalue weighted by atomic mass is 19.3. The van der Waals surface area contributed by atoms with Crippen molar-refractivity contribution < 1.29 is 33.6 Å². The minimum absolute atomic E-state index is 0.0319. The van der Waals surface area contributed by atoms with Crippen LogP contribution < -0.4 is 10.5 Å². The number of halogens is 2. The van der Waals surface area contributed by atoms with Crippen molar-refractivity contribution in [2.45, 2.75) is 50.0 Å². The van der Waals surface area contributed by atoms with E-state index in [4.69, 9.17) is 15.5 Å². The van der Waals surface area contributed by atoms with E-state index in [1.165, 1.54) is 22.7 Å². The molecule has 1 aliphatic heterocycles. The number of carbonyl (C=O) groups excluding carboxylic acids is 1. The van der Waals surface area contributed by atoms with E-state index in [9.17, 15) is 28.9 Å². The van der Waals surface area contributed by atoms with E-state index in [2.05, 4.69) is 10.1 Å². The third-order valence-corrected chi connectivity index (χ3v) is 7.76. The van der Waals surface area contributed by atoms with Crippen LogP contribution in [-0.2, 0) is 6.42 Å². The number of pyridine rings is 1. The number of hydrogen-bond acceptors (Lipinski definition) is 9.